The van der Waals surface area contributed by atoms with E-state index in [1.807, 2.05) is 19.1 Å². The molecule has 0 aromatic heterocycles. The molecule has 2 N–H and O–H groups in total. The van der Waals surface area contributed by atoms with Gasteiger partial charge in [-0.2, -0.15) is 0 Å². The van der Waals surface area contributed by atoms with Crippen molar-refractivity contribution < 1.29 is 4.39 Å². The molecule has 2 atom stereocenters. The minimum absolute atomic E-state index is 0.0907. The van der Waals surface area contributed by atoms with Crippen LogP contribution in [0.1, 0.15) is 36.9 Å². The summed E-state index contributed by atoms with van der Waals surface area (Å²) in [6.07, 6.45) is 2.18. The summed E-state index contributed by atoms with van der Waals surface area (Å²) in [6.45, 7) is 6.87. The minimum atomic E-state index is -0.0907. The zero-order valence-electron chi connectivity index (χ0n) is 11.3. The van der Waals surface area contributed by atoms with Crippen molar-refractivity contribution in [2.75, 3.05) is 19.6 Å². The first kappa shape index (κ1) is 13.5. The van der Waals surface area contributed by atoms with Gasteiger partial charge in [-0.25, -0.2) is 4.39 Å². The molecule has 1 heterocycles. The molecular formula is C15H23FN2. The average molecular weight is 250 g/mol. The zero-order chi connectivity index (χ0) is 13.1. The molecule has 2 unspecified atom stereocenters. The smallest absolute Gasteiger partial charge is 0.128 e. The number of rotatable bonds is 4. The highest BCUT2D eigenvalue weighted by molar-refractivity contribution is 5.28. The molecule has 0 amide bonds. The number of nitrogens with two attached hydrogens (primary N) is 1. The van der Waals surface area contributed by atoms with Gasteiger partial charge in [-0.1, -0.05) is 24.6 Å². The van der Waals surface area contributed by atoms with Crippen LogP contribution >= 0.6 is 0 Å². The molecule has 18 heavy (non-hydrogen) atoms. The Morgan fingerprint density at radius 3 is 2.89 bits per heavy atom. The number of hydrogen-bond donors (Lipinski definition) is 1. The lowest BCUT2D eigenvalue weighted by molar-refractivity contribution is 0.225. The number of halogens is 1. The summed E-state index contributed by atoms with van der Waals surface area (Å²) in [4.78, 5) is 2.38. The maximum atomic E-state index is 14.1. The molecule has 0 radical (unpaired) electrons. The van der Waals surface area contributed by atoms with E-state index in [1.165, 1.54) is 0 Å². The Morgan fingerprint density at radius 1 is 1.44 bits per heavy atom. The molecule has 1 aromatic carbocycles. The van der Waals surface area contributed by atoms with Gasteiger partial charge in [-0.15, -0.1) is 0 Å². The van der Waals surface area contributed by atoms with Crippen molar-refractivity contribution in [1.29, 1.82) is 0 Å². The van der Waals surface area contributed by atoms with Crippen molar-refractivity contribution in [2.24, 2.45) is 11.7 Å². The van der Waals surface area contributed by atoms with Crippen molar-refractivity contribution >= 4 is 0 Å². The Bertz CT molecular complexity index is 405. The lowest BCUT2D eigenvalue weighted by atomic mass is 9.92. The predicted octanol–water partition coefficient (Wildman–Crippen LogP) is 2.87. The number of likely N-dealkylation sites (tertiary alicyclic amines) is 1. The Kier molecular flexibility index (Phi) is 4.36. The van der Waals surface area contributed by atoms with Gasteiger partial charge in [0.2, 0.25) is 0 Å². The maximum Gasteiger partial charge on any atom is 0.128 e. The van der Waals surface area contributed by atoms with Gasteiger partial charge in [0.05, 0.1) is 0 Å². The maximum absolute atomic E-state index is 14.1. The summed E-state index contributed by atoms with van der Waals surface area (Å²) in [7, 11) is 0. The summed E-state index contributed by atoms with van der Waals surface area (Å²) in [5.41, 5.74) is 7.81. The Balaban J connectivity index is 2.33. The molecule has 1 aliphatic heterocycles. The van der Waals surface area contributed by atoms with E-state index in [0.717, 1.165) is 37.1 Å². The van der Waals surface area contributed by atoms with Gasteiger partial charge in [-0.3, -0.25) is 4.90 Å². The first-order valence-electron chi connectivity index (χ1n) is 6.87. The van der Waals surface area contributed by atoms with Crippen LogP contribution in [0.2, 0.25) is 0 Å². The lowest BCUT2D eigenvalue weighted by Gasteiger charge is -2.28. The van der Waals surface area contributed by atoms with Crippen molar-refractivity contribution in [3.8, 4) is 0 Å². The van der Waals surface area contributed by atoms with Crippen LogP contribution in [0.25, 0.3) is 0 Å². The quantitative estimate of drug-likeness (QED) is 0.890. The third kappa shape index (κ3) is 2.57. The van der Waals surface area contributed by atoms with Crippen LogP contribution < -0.4 is 5.73 Å². The second kappa shape index (κ2) is 5.81. The van der Waals surface area contributed by atoms with E-state index in [0.29, 0.717) is 12.5 Å². The summed E-state index contributed by atoms with van der Waals surface area (Å²) < 4.78 is 14.1. The standard InChI is InChI=1S/C15H23FN2/c1-3-7-18-8-6-12(10-17)15(18)13-9-11(2)4-5-14(13)16/h4-5,9,12,15H,3,6-8,10,17H2,1-2H3. The third-order valence-electron chi connectivity index (χ3n) is 3.91. The van der Waals surface area contributed by atoms with Gasteiger partial charge in [0.15, 0.2) is 0 Å². The van der Waals surface area contributed by atoms with Gasteiger partial charge in [0.25, 0.3) is 0 Å². The van der Waals surface area contributed by atoms with E-state index in [-0.39, 0.29) is 11.9 Å². The Hall–Kier alpha value is -0.930. The fourth-order valence-electron chi connectivity index (χ4n) is 3.05. The fourth-order valence-corrected chi connectivity index (χ4v) is 3.05. The van der Waals surface area contributed by atoms with Crippen molar-refractivity contribution in [3.05, 3.63) is 35.1 Å². The highest BCUT2D eigenvalue weighted by Gasteiger charge is 2.35. The molecule has 3 heteroatoms. The van der Waals surface area contributed by atoms with Crippen LogP contribution in [0.15, 0.2) is 18.2 Å². The van der Waals surface area contributed by atoms with E-state index >= 15 is 0 Å². The van der Waals surface area contributed by atoms with Gasteiger partial charge in [0.1, 0.15) is 5.82 Å². The molecule has 1 aromatic rings. The fraction of sp³-hybridized carbons (Fsp3) is 0.600. The van der Waals surface area contributed by atoms with Crippen LogP contribution in [0.4, 0.5) is 4.39 Å². The molecular weight excluding hydrogens is 227 g/mol. The molecule has 2 nitrogen and oxygen atoms in total. The second-order valence-electron chi connectivity index (χ2n) is 5.29. The van der Waals surface area contributed by atoms with Gasteiger partial charge >= 0.3 is 0 Å². The third-order valence-corrected chi connectivity index (χ3v) is 3.91. The molecule has 1 aliphatic rings. The topological polar surface area (TPSA) is 29.3 Å². The molecule has 0 saturated carbocycles. The average Bonchev–Trinajstić information content (AvgIpc) is 2.75. The Morgan fingerprint density at radius 2 is 2.22 bits per heavy atom. The minimum Gasteiger partial charge on any atom is -0.330 e. The van der Waals surface area contributed by atoms with E-state index in [4.69, 9.17) is 5.73 Å². The molecule has 2 rings (SSSR count). The highest BCUT2D eigenvalue weighted by atomic mass is 19.1. The molecule has 0 bridgehead atoms. The molecule has 1 fully saturated rings. The number of nitrogens with zero attached hydrogens (tertiary/aromatic N) is 1. The van der Waals surface area contributed by atoms with E-state index < -0.39 is 0 Å². The predicted molar refractivity (Wildman–Crippen MR) is 72.9 cm³/mol. The Labute approximate surface area is 109 Å². The number of hydrogen-bond acceptors (Lipinski definition) is 2. The van der Waals surface area contributed by atoms with Crippen LogP contribution in [0, 0.1) is 18.7 Å². The molecule has 100 valence electrons. The van der Waals surface area contributed by atoms with Gasteiger partial charge in [0, 0.05) is 11.6 Å². The van der Waals surface area contributed by atoms with Gasteiger partial charge in [-0.05, 0) is 51.4 Å². The highest BCUT2D eigenvalue weighted by Crippen LogP contribution is 2.38. The first-order valence-corrected chi connectivity index (χ1v) is 6.87. The van der Waals surface area contributed by atoms with Gasteiger partial charge < -0.3 is 5.73 Å². The van der Waals surface area contributed by atoms with E-state index in [2.05, 4.69) is 11.8 Å². The SMILES string of the molecule is CCCN1CCC(CN)C1c1cc(C)ccc1F. The summed E-state index contributed by atoms with van der Waals surface area (Å²) in [5, 5.41) is 0. The van der Waals surface area contributed by atoms with E-state index in [9.17, 15) is 4.39 Å². The largest absolute Gasteiger partial charge is 0.330 e. The van der Waals surface area contributed by atoms with Crippen LogP contribution in [0.3, 0.4) is 0 Å². The summed E-state index contributed by atoms with van der Waals surface area (Å²) in [5.74, 6) is 0.292. The summed E-state index contributed by atoms with van der Waals surface area (Å²) in [6, 6.07) is 5.56. The normalized spacial score (nSPS) is 24.7. The number of aryl methyl sites for hydroxylation is 1. The number of benzene rings is 1. The van der Waals surface area contributed by atoms with E-state index in [1.54, 1.807) is 6.07 Å². The monoisotopic (exact) mass is 250 g/mol. The van der Waals surface area contributed by atoms with Crippen LogP contribution in [-0.2, 0) is 0 Å². The van der Waals surface area contributed by atoms with Crippen molar-refractivity contribution in [3.63, 3.8) is 0 Å². The van der Waals surface area contributed by atoms with Crippen LogP contribution in [-0.4, -0.2) is 24.5 Å². The lowest BCUT2D eigenvalue weighted by Crippen LogP contribution is -2.29. The molecule has 0 aliphatic carbocycles. The van der Waals surface area contributed by atoms with Crippen molar-refractivity contribution in [1.82, 2.24) is 4.90 Å². The summed E-state index contributed by atoms with van der Waals surface area (Å²) >= 11 is 0. The second-order valence-corrected chi connectivity index (χ2v) is 5.29. The molecule has 0 spiro atoms. The zero-order valence-corrected chi connectivity index (χ0v) is 11.3. The van der Waals surface area contributed by atoms with Crippen LogP contribution in [0.5, 0.6) is 0 Å². The first-order chi connectivity index (χ1) is 8.67. The van der Waals surface area contributed by atoms with Crippen molar-refractivity contribution in [2.45, 2.75) is 32.7 Å². The molecule has 1 saturated heterocycles.